The normalized spacial score (nSPS) is 18.5. The lowest BCUT2D eigenvalue weighted by molar-refractivity contribution is 0.108. The van der Waals surface area contributed by atoms with Crippen molar-refractivity contribution in [1.29, 1.82) is 0 Å². The molecule has 0 saturated carbocycles. The van der Waals surface area contributed by atoms with E-state index in [1.54, 1.807) is 0 Å². The van der Waals surface area contributed by atoms with Crippen molar-refractivity contribution in [3.63, 3.8) is 0 Å². The molecule has 2 rings (SSSR count). The number of nitrogens with one attached hydrogen (secondary N) is 1. The third-order valence-corrected chi connectivity index (χ3v) is 3.59. The van der Waals surface area contributed by atoms with Crippen LogP contribution in [-0.4, -0.2) is 61.9 Å². The molecule has 1 aromatic carbocycles. The van der Waals surface area contributed by atoms with Crippen LogP contribution < -0.4 is 10.2 Å². The van der Waals surface area contributed by atoms with Crippen molar-refractivity contribution in [2.24, 2.45) is 0 Å². The van der Waals surface area contributed by atoms with E-state index in [2.05, 4.69) is 52.4 Å². The molecule has 0 radical (unpaired) electrons. The van der Waals surface area contributed by atoms with E-state index >= 15 is 0 Å². The molecule has 1 saturated heterocycles. The third-order valence-electron chi connectivity index (χ3n) is 3.59. The zero-order valence-corrected chi connectivity index (χ0v) is 11.8. The van der Waals surface area contributed by atoms with Gasteiger partial charge in [-0.15, -0.1) is 0 Å². The molecule has 106 valence electrons. The number of benzene rings is 1. The fraction of sp³-hybridized carbons (Fsp3) is 0.600. The Bertz CT molecular complexity index is 350. The minimum absolute atomic E-state index is 0.261. The summed E-state index contributed by atoms with van der Waals surface area (Å²) in [6.45, 7) is 8.57. The standard InChI is InChI=1S/C15H25N3O/c1-2-16-12-15(19)13-17-8-10-18(11-9-17)14-6-4-3-5-7-14/h3-7,15-16,19H,2,8-13H2,1H3. The molecule has 1 aromatic rings. The van der Waals surface area contributed by atoms with Gasteiger partial charge in [0.2, 0.25) is 0 Å². The number of β-amino-alcohol motifs (C(OH)–C–C–N with tert-alkyl or cyclic N) is 1. The molecule has 1 aliphatic heterocycles. The van der Waals surface area contributed by atoms with Crippen LogP contribution in [-0.2, 0) is 0 Å². The largest absolute Gasteiger partial charge is 0.390 e. The number of para-hydroxylation sites is 1. The predicted molar refractivity (Wildman–Crippen MR) is 79.6 cm³/mol. The summed E-state index contributed by atoms with van der Waals surface area (Å²) >= 11 is 0. The number of piperazine rings is 1. The zero-order valence-electron chi connectivity index (χ0n) is 11.8. The number of hydrogen-bond donors (Lipinski definition) is 2. The van der Waals surface area contributed by atoms with Crippen LogP contribution in [0.2, 0.25) is 0 Å². The first kappa shape index (κ1) is 14.3. The lowest BCUT2D eigenvalue weighted by atomic mass is 10.2. The van der Waals surface area contributed by atoms with E-state index in [1.807, 2.05) is 0 Å². The van der Waals surface area contributed by atoms with Crippen LogP contribution in [0.3, 0.4) is 0 Å². The summed E-state index contributed by atoms with van der Waals surface area (Å²) in [5, 5.41) is 13.1. The van der Waals surface area contributed by atoms with Crippen molar-refractivity contribution < 1.29 is 5.11 Å². The molecule has 4 heteroatoms. The van der Waals surface area contributed by atoms with Crippen LogP contribution in [0.4, 0.5) is 5.69 Å². The highest BCUT2D eigenvalue weighted by Crippen LogP contribution is 2.15. The SMILES string of the molecule is CCNCC(O)CN1CCN(c2ccccc2)CC1. The monoisotopic (exact) mass is 263 g/mol. The van der Waals surface area contributed by atoms with E-state index in [0.717, 1.165) is 39.3 Å². The first-order valence-electron chi connectivity index (χ1n) is 7.20. The molecule has 1 aliphatic rings. The molecule has 0 spiro atoms. The minimum atomic E-state index is -0.261. The zero-order chi connectivity index (χ0) is 13.5. The van der Waals surface area contributed by atoms with Crippen molar-refractivity contribution in [3.8, 4) is 0 Å². The van der Waals surface area contributed by atoms with Crippen molar-refractivity contribution in [3.05, 3.63) is 30.3 Å². The fourth-order valence-electron chi connectivity index (χ4n) is 2.50. The summed E-state index contributed by atoms with van der Waals surface area (Å²) in [6.07, 6.45) is -0.261. The Morgan fingerprint density at radius 3 is 2.47 bits per heavy atom. The Balaban J connectivity index is 1.73. The van der Waals surface area contributed by atoms with Gasteiger partial charge in [-0.2, -0.15) is 0 Å². The Labute approximate surface area is 116 Å². The second-order valence-electron chi connectivity index (χ2n) is 5.08. The molecule has 0 aromatic heterocycles. The maximum atomic E-state index is 9.90. The van der Waals surface area contributed by atoms with Gasteiger partial charge in [0.25, 0.3) is 0 Å². The molecule has 0 aliphatic carbocycles. The van der Waals surface area contributed by atoms with E-state index in [1.165, 1.54) is 5.69 Å². The van der Waals surface area contributed by atoms with Crippen molar-refractivity contribution in [1.82, 2.24) is 10.2 Å². The van der Waals surface area contributed by atoms with E-state index in [9.17, 15) is 5.11 Å². The fourth-order valence-corrected chi connectivity index (χ4v) is 2.50. The van der Waals surface area contributed by atoms with Gasteiger partial charge in [-0.25, -0.2) is 0 Å². The summed E-state index contributed by atoms with van der Waals surface area (Å²) in [4.78, 5) is 4.76. The third kappa shape index (κ3) is 4.49. The molecule has 1 unspecified atom stereocenters. The van der Waals surface area contributed by atoms with Crippen LogP contribution in [0.5, 0.6) is 0 Å². The summed E-state index contributed by atoms with van der Waals surface area (Å²) in [5.41, 5.74) is 1.30. The van der Waals surface area contributed by atoms with Gasteiger partial charge in [0.05, 0.1) is 6.10 Å². The maximum Gasteiger partial charge on any atom is 0.0791 e. The summed E-state index contributed by atoms with van der Waals surface area (Å²) in [5.74, 6) is 0. The van der Waals surface area contributed by atoms with Gasteiger partial charge in [0.15, 0.2) is 0 Å². The Morgan fingerprint density at radius 2 is 1.84 bits per heavy atom. The van der Waals surface area contributed by atoms with Gasteiger partial charge in [0, 0.05) is 45.0 Å². The van der Waals surface area contributed by atoms with Crippen LogP contribution >= 0.6 is 0 Å². The number of likely N-dealkylation sites (N-methyl/N-ethyl adjacent to an activating group) is 1. The van der Waals surface area contributed by atoms with E-state index in [-0.39, 0.29) is 6.10 Å². The lowest BCUT2D eigenvalue weighted by Gasteiger charge is -2.36. The molecular weight excluding hydrogens is 238 g/mol. The van der Waals surface area contributed by atoms with Crippen LogP contribution in [0, 0.1) is 0 Å². The number of aliphatic hydroxyl groups is 1. The Hall–Kier alpha value is -1.10. The first-order valence-corrected chi connectivity index (χ1v) is 7.20. The minimum Gasteiger partial charge on any atom is -0.390 e. The van der Waals surface area contributed by atoms with Crippen LogP contribution in [0.15, 0.2) is 30.3 Å². The quantitative estimate of drug-likeness (QED) is 0.795. The van der Waals surface area contributed by atoms with E-state index < -0.39 is 0 Å². The maximum absolute atomic E-state index is 9.90. The number of rotatable bonds is 6. The van der Waals surface area contributed by atoms with Gasteiger partial charge in [-0.05, 0) is 18.7 Å². The summed E-state index contributed by atoms with van der Waals surface area (Å²) in [7, 11) is 0. The number of nitrogens with zero attached hydrogens (tertiary/aromatic N) is 2. The van der Waals surface area contributed by atoms with Gasteiger partial charge < -0.3 is 15.3 Å². The average molecular weight is 263 g/mol. The molecule has 1 fully saturated rings. The van der Waals surface area contributed by atoms with Crippen molar-refractivity contribution in [2.75, 3.05) is 50.7 Å². The van der Waals surface area contributed by atoms with Gasteiger partial charge >= 0.3 is 0 Å². The van der Waals surface area contributed by atoms with Gasteiger partial charge in [0.1, 0.15) is 0 Å². The lowest BCUT2D eigenvalue weighted by Crippen LogP contribution is -2.49. The highest BCUT2D eigenvalue weighted by atomic mass is 16.3. The van der Waals surface area contributed by atoms with E-state index in [0.29, 0.717) is 6.54 Å². The Kier molecular flexibility index (Phi) is 5.63. The van der Waals surface area contributed by atoms with Crippen molar-refractivity contribution in [2.45, 2.75) is 13.0 Å². The molecule has 1 atom stereocenters. The Morgan fingerprint density at radius 1 is 1.16 bits per heavy atom. The summed E-state index contributed by atoms with van der Waals surface area (Å²) in [6, 6.07) is 10.5. The van der Waals surface area contributed by atoms with Gasteiger partial charge in [-0.1, -0.05) is 25.1 Å². The number of aliphatic hydroxyl groups excluding tert-OH is 1. The second-order valence-corrected chi connectivity index (χ2v) is 5.08. The van der Waals surface area contributed by atoms with Crippen LogP contribution in [0.25, 0.3) is 0 Å². The van der Waals surface area contributed by atoms with E-state index in [4.69, 9.17) is 0 Å². The molecule has 1 heterocycles. The average Bonchev–Trinajstić information content (AvgIpc) is 2.47. The van der Waals surface area contributed by atoms with Crippen molar-refractivity contribution >= 4 is 5.69 Å². The summed E-state index contributed by atoms with van der Waals surface area (Å²) < 4.78 is 0. The molecule has 0 amide bonds. The molecule has 2 N–H and O–H groups in total. The van der Waals surface area contributed by atoms with Crippen LogP contribution in [0.1, 0.15) is 6.92 Å². The number of hydrogen-bond acceptors (Lipinski definition) is 4. The molecule has 4 nitrogen and oxygen atoms in total. The smallest absolute Gasteiger partial charge is 0.0791 e. The van der Waals surface area contributed by atoms with Gasteiger partial charge in [-0.3, -0.25) is 4.90 Å². The topological polar surface area (TPSA) is 38.7 Å². The number of anilines is 1. The molecular formula is C15H25N3O. The first-order chi connectivity index (χ1) is 9.29. The molecule has 19 heavy (non-hydrogen) atoms. The highest BCUT2D eigenvalue weighted by molar-refractivity contribution is 5.46. The highest BCUT2D eigenvalue weighted by Gasteiger charge is 2.18. The predicted octanol–water partition coefficient (Wildman–Crippen LogP) is 0.779. The molecule has 0 bridgehead atoms. The second kappa shape index (κ2) is 7.48.